The van der Waals surface area contributed by atoms with Gasteiger partial charge in [0.15, 0.2) is 0 Å². The largest absolute Gasteiger partial charge is 0.475 e. The summed E-state index contributed by atoms with van der Waals surface area (Å²) in [6.07, 6.45) is 2.81. The molecule has 0 saturated heterocycles. The highest BCUT2D eigenvalue weighted by Gasteiger charge is 2.30. The third kappa shape index (κ3) is 2.24. The number of hydrogen-bond donors (Lipinski definition) is 1. The summed E-state index contributed by atoms with van der Waals surface area (Å²) in [6.45, 7) is 0. The van der Waals surface area contributed by atoms with Gasteiger partial charge in [-0.2, -0.15) is 0 Å². The average molecular weight is 288 g/mol. The van der Waals surface area contributed by atoms with Crippen molar-refractivity contribution in [2.45, 2.75) is 25.2 Å². The number of carbonyl (C=O) groups is 1. The third-order valence-corrected chi connectivity index (χ3v) is 3.60. The van der Waals surface area contributed by atoms with E-state index in [-0.39, 0.29) is 23.1 Å². The highest BCUT2D eigenvalue weighted by molar-refractivity contribution is 5.83. The minimum absolute atomic E-state index is 0.102. The van der Waals surface area contributed by atoms with Gasteiger partial charge in [-0.1, -0.05) is 18.6 Å². The van der Waals surface area contributed by atoms with Gasteiger partial charge in [-0.25, -0.2) is 14.5 Å². The Labute approximate surface area is 119 Å². The molecule has 0 spiro atoms. The van der Waals surface area contributed by atoms with Gasteiger partial charge in [0, 0.05) is 12.0 Å². The maximum absolute atomic E-state index is 11.1. The highest BCUT2D eigenvalue weighted by Crippen LogP contribution is 2.37. The Kier molecular flexibility index (Phi) is 3.13. The first-order chi connectivity index (χ1) is 10.1. The van der Waals surface area contributed by atoms with Crippen LogP contribution in [0.25, 0.3) is 5.69 Å². The fraction of sp³-hybridized carbons (Fsp3) is 0.308. The first-order valence-corrected chi connectivity index (χ1v) is 6.52. The minimum atomic E-state index is -1.24. The van der Waals surface area contributed by atoms with E-state index in [2.05, 4.69) is 10.1 Å². The molecule has 1 aromatic heterocycles. The molecule has 1 N–H and O–H groups in total. The lowest BCUT2D eigenvalue weighted by molar-refractivity contribution is -0.384. The fourth-order valence-corrected chi connectivity index (χ4v) is 2.32. The predicted octanol–water partition coefficient (Wildman–Crippen LogP) is 2.14. The van der Waals surface area contributed by atoms with E-state index in [0.29, 0.717) is 5.82 Å². The van der Waals surface area contributed by atoms with Crippen molar-refractivity contribution in [3.63, 3.8) is 0 Å². The summed E-state index contributed by atoms with van der Waals surface area (Å²) in [5.41, 5.74) is 0.115. The topological polar surface area (TPSA) is 111 Å². The Hall–Kier alpha value is -2.77. The summed E-state index contributed by atoms with van der Waals surface area (Å²) in [5, 5.41) is 24.1. The van der Waals surface area contributed by atoms with Crippen LogP contribution in [0.1, 0.15) is 41.6 Å². The quantitative estimate of drug-likeness (QED) is 0.681. The Morgan fingerprint density at radius 1 is 1.38 bits per heavy atom. The zero-order chi connectivity index (χ0) is 15.0. The molecule has 108 valence electrons. The number of aromatic carboxylic acids is 1. The van der Waals surface area contributed by atoms with Crippen LogP contribution in [0.3, 0.4) is 0 Å². The Morgan fingerprint density at radius 3 is 2.67 bits per heavy atom. The van der Waals surface area contributed by atoms with Crippen molar-refractivity contribution in [3.8, 4) is 5.69 Å². The molecule has 1 heterocycles. The molecule has 0 atom stereocenters. The number of nitrogens with zero attached hydrogens (tertiary/aromatic N) is 4. The van der Waals surface area contributed by atoms with Crippen LogP contribution in [-0.4, -0.2) is 30.8 Å². The average Bonchev–Trinajstić information content (AvgIpc) is 2.81. The molecule has 0 aliphatic heterocycles. The second kappa shape index (κ2) is 4.97. The van der Waals surface area contributed by atoms with Crippen molar-refractivity contribution in [2.24, 2.45) is 0 Å². The normalized spacial score (nSPS) is 14.7. The maximum atomic E-state index is 11.1. The van der Waals surface area contributed by atoms with Gasteiger partial charge in [-0.05, 0) is 18.9 Å². The summed E-state index contributed by atoms with van der Waals surface area (Å²) >= 11 is 0. The molecule has 1 fully saturated rings. The van der Waals surface area contributed by atoms with Crippen LogP contribution in [0.15, 0.2) is 24.3 Å². The molecule has 0 radical (unpaired) electrons. The monoisotopic (exact) mass is 288 g/mol. The molecular formula is C13H12N4O4. The maximum Gasteiger partial charge on any atom is 0.375 e. The predicted molar refractivity (Wildman–Crippen MR) is 71.6 cm³/mol. The Bertz CT molecular complexity index is 721. The number of hydrogen-bond acceptors (Lipinski definition) is 5. The number of nitro benzene ring substituents is 1. The molecule has 8 heteroatoms. The van der Waals surface area contributed by atoms with Gasteiger partial charge in [0.2, 0.25) is 0 Å². The van der Waals surface area contributed by atoms with E-state index < -0.39 is 10.9 Å². The number of carboxylic acids is 1. The van der Waals surface area contributed by atoms with E-state index in [1.807, 2.05) is 0 Å². The summed E-state index contributed by atoms with van der Waals surface area (Å²) < 4.78 is 1.30. The van der Waals surface area contributed by atoms with Crippen molar-refractivity contribution < 1.29 is 14.8 Å². The van der Waals surface area contributed by atoms with Crippen molar-refractivity contribution in [1.29, 1.82) is 0 Å². The van der Waals surface area contributed by atoms with E-state index in [0.717, 1.165) is 19.3 Å². The molecule has 0 unspecified atom stereocenters. The first-order valence-electron chi connectivity index (χ1n) is 6.52. The van der Waals surface area contributed by atoms with Crippen LogP contribution in [0.5, 0.6) is 0 Å². The number of nitro groups is 1. The Morgan fingerprint density at radius 2 is 2.10 bits per heavy atom. The Balaban J connectivity index is 2.17. The second-order valence-corrected chi connectivity index (χ2v) is 4.88. The van der Waals surface area contributed by atoms with Crippen molar-refractivity contribution in [1.82, 2.24) is 14.8 Å². The SMILES string of the molecule is O=C(O)c1nc(C2CCC2)n(-c2ccccc2[N+](=O)[O-])n1. The van der Waals surface area contributed by atoms with Crippen molar-refractivity contribution in [3.05, 3.63) is 46.0 Å². The van der Waals surface area contributed by atoms with Crippen LogP contribution >= 0.6 is 0 Å². The molecule has 1 aromatic carbocycles. The van der Waals surface area contributed by atoms with E-state index >= 15 is 0 Å². The van der Waals surface area contributed by atoms with E-state index in [9.17, 15) is 14.9 Å². The van der Waals surface area contributed by atoms with Gasteiger partial charge in [0.25, 0.3) is 11.5 Å². The number of carboxylic acid groups (broad SMARTS) is 1. The molecular weight excluding hydrogens is 276 g/mol. The highest BCUT2D eigenvalue weighted by atomic mass is 16.6. The van der Waals surface area contributed by atoms with Gasteiger partial charge >= 0.3 is 5.97 Å². The summed E-state index contributed by atoms with van der Waals surface area (Å²) in [5.74, 6) is -0.999. The molecule has 8 nitrogen and oxygen atoms in total. The van der Waals surface area contributed by atoms with Gasteiger partial charge in [0.05, 0.1) is 4.92 Å². The summed E-state index contributed by atoms with van der Waals surface area (Å²) in [7, 11) is 0. The van der Waals surface area contributed by atoms with Crippen LogP contribution in [-0.2, 0) is 0 Å². The van der Waals surface area contributed by atoms with Crippen LogP contribution in [0, 0.1) is 10.1 Å². The molecule has 0 amide bonds. The first kappa shape index (κ1) is 13.2. The van der Waals surface area contributed by atoms with Gasteiger partial charge < -0.3 is 5.11 Å². The summed E-state index contributed by atoms with van der Waals surface area (Å²) in [4.78, 5) is 25.7. The van der Waals surface area contributed by atoms with Crippen LogP contribution in [0.4, 0.5) is 5.69 Å². The second-order valence-electron chi connectivity index (χ2n) is 4.88. The zero-order valence-corrected chi connectivity index (χ0v) is 11.0. The molecule has 3 rings (SSSR count). The molecule has 21 heavy (non-hydrogen) atoms. The lowest BCUT2D eigenvalue weighted by Gasteiger charge is -2.24. The molecule has 1 saturated carbocycles. The van der Waals surface area contributed by atoms with Crippen LogP contribution in [0.2, 0.25) is 0 Å². The van der Waals surface area contributed by atoms with Crippen molar-refractivity contribution in [2.75, 3.05) is 0 Å². The number of aromatic nitrogens is 3. The lowest BCUT2D eigenvalue weighted by Crippen LogP contribution is -2.16. The fourth-order valence-electron chi connectivity index (χ4n) is 2.32. The lowest BCUT2D eigenvalue weighted by atomic mass is 9.85. The number of benzene rings is 1. The van der Waals surface area contributed by atoms with Crippen molar-refractivity contribution >= 4 is 11.7 Å². The molecule has 1 aliphatic rings. The van der Waals surface area contributed by atoms with Gasteiger partial charge in [0.1, 0.15) is 11.5 Å². The van der Waals surface area contributed by atoms with Crippen LogP contribution < -0.4 is 0 Å². The van der Waals surface area contributed by atoms with E-state index in [1.165, 1.54) is 10.7 Å². The number of rotatable bonds is 4. The van der Waals surface area contributed by atoms with E-state index in [1.54, 1.807) is 18.2 Å². The molecule has 2 aromatic rings. The molecule has 0 bridgehead atoms. The van der Waals surface area contributed by atoms with Gasteiger partial charge in [-0.15, -0.1) is 5.10 Å². The zero-order valence-electron chi connectivity index (χ0n) is 11.0. The minimum Gasteiger partial charge on any atom is -0.475 e. The summed E-state index contributed by atoms with van der Waals surface area (Å²) in [6, 6.07) is 6.11. The smallest absolute Gasteiger partial charge is 0.375 e. The van der Waals surface area contributed by atoms with Gasteiger partial charge in [-0.3, -0.25) is 10.1 Å². The molecule has 1 aliphatic carbocycles. The number of para-hydroxylation sites is 2. The standard InChI is InChI=1S/C13H12N4O4/c18-13(19)11-14-12(8-4-3-5-8)16(15-11)9-6-1-2-7-10(9)17(20)21/h1-2,6-8H,3-5H2,(H,18,19). The van der Waals surface area contributed by atoms with E-state index in [4.69, 9.17) is 5.11 Å². The third-order valence-electron chi connectivity index (χ3n) is 3.60.